The molecule has 2 N–H and O–H groups in total. The van der Waals surface area contributed by atoms with Crippen molar-refractivity contribution >= 4 is 18.1 Å². The van der Waals surface area contributed by atoms with Gasteiger partial charge in [0, 0.05) is 24.7 Å². The van der Waals surface area contributed by atoms with Crippen molar-refractivity contribution in [2.24, 2.45) is 5.41 Å². The van der Waals surface area contributed by atoms with Gasteiger partial charge >= 0.3 is 0 Å². The molecule has 0 saturated carbocycles. The summed E-state index contributed by atoms with van der Waals surface area (Å²) in [6.45, 7) is 2.42. The summed E-state index contributed by atoms with van der Waals surface area (Å²) in [6, 6.07) is 6.01. The summed E-state index contributed by atoms with van der Waals surface area (Å²) in [4.78, 5) is 2.39. The van der Waals surface area contributed by atoms with Crippen molar-refractivity contribution in [1.29, 1.82) is 5.26 Å². The summed E-state index contributed by atoms with van der Waals surface area (Å²) in [7, 11) is 1.64. The van der Waals surface area contributed by atoms with Crippen LogP contribution in [0.5, 0.6) is 5.75 Å². The predicted octanol–water partition coefficient (Wildman–Crippen LogP) is 2.44. The van der Waals surface area contributed by atoms with Gasteiger partial charge in [-0.3, -0.25) is 0 Å². The van der Waals surface area contributed by atoms with Gasteiger partial charge in [0.15, 0.2) is 0 Å². The maximum Gasteiger partial charge on any atom is 0.268 e. The largest absolute Gasteiger partial charge is 0.495 e. The zero-order valence-corrected chi connectivity index (χ0v) is 11.9. The lowest BCUT2D eigenvalue weighted by molar-refractivity contribution is 0.248. The molecular formula is C15H20BN3O. The molecule has 0 radical (unpaired) electrons. The Hall–Kier alpha value is -1.83. The molecule has 0 bridgehead atoms. The topological polar surface area (TPSA) is 62.3 Å². The lowest BCUT2D eigenvalue weighted by Crippen LogP contribution is -2.49. The normalized spacial score (nSPS) is 20.4. The van der Waals surface area contributed by atoms with Crippen molar-refractivity contribution in [3.05, 3.63) is 18.2 Å². The maximum absolute atomic E-state index is 8.92. The monoisotopic (exact) mass is 269 g/mol. The van der Waals surface area contributed by atoms with Gasteiger partial charge in [-0.2, -0.15) is 0 Å². The van der Waals surface area contributed by atoms with Crippen molar-refractivity contribution in [2.75, 3.05) is 30.8 Å². The molecule has 0 amide bonds. The van der Waals surface area contributed by atoms with Crippen LogP contribution in [0.1, 0.15) is 12.8 Å². The summed E-state index contributed by atoms with van der Waals surface area (Å²) in [5.74, 6) is 3.13. The molecule has 0 unspecified atom stereocenters. The highest BCUT2D eigenvalue weighted by Crippen LogP contribution is 2.50. The second-order valence-electron chi connectivity index (χ2n) is 6.15. The minimum Gasteiger partial charge on any atom is -0.495 e. The van der Waals surface area contributed by atoms with Crippen LogP contribution in [-0.2, 0) is 0 Å². The van der Waals surface area contributed by atoms with E-state index in [-0.39, 0.29) is 0 Å². The minimum atomic E-state index is 0.304. The van der Waals surface area contributed by atoms with Crippen molar-refractivity contribution in [3.8, 4) is 11.7 Å². The third-order valence-corrected chi connectivity index (χ3v) is 4.94. The van der Waals surface area contributed by atoms with Crippen molar-refractivity contribution in [2.45, 2.75) is 25.5 Å². The molecule has 2 fully saturated rings. The third kappa shape index (κ3) is 2.20. The number of hydrogen-bond acceptors (Lipinski definition) is 4. The van der Waals surface area contributed by atoms with E-state index in [0.29, 0.717) is 17.8 Å². The number of methoxy groups -OCH3 is 1. The van der Waals surface area contributed by atoms with Gasteiger partial charge in [0.1, 0.15) is 5.75 Å². The number of piperidine rings is 1. The number of nitrogens with two attached hydrogens (primary N) is 1. The van der Waals surface area contributed by atoms with Crippen LogP contribution in [0.15, 0.2) is 18.2 Å². The fourth-order valence-electron chi connectivity index (χ4n) is 3.64. The fraction of sp³-hybridized carbons (Fsp3) is 0.533. The highest BCUT2D eigenvalue weighted by atomic mass is 16.5. The van der Waals surface area contributed by atoms with Crippen molar-refractivity contribution in [1.82, 2.24) is 0 Å². The van der Waals surface area contributed by atoms with E-state index in [2.05, 4.69) is 16.9 Å². The van der Waals surface area contributed by atoms with E-state index >= 15 is 0 Å². The summed E-state index contributed by atoms with van der Waals surface area (Å²) in [5.41, 5.74) is 8.30. The SMILES string of the molecule is COc1ccc(N2CCC3(CC2)CB(C#N)C3)cc1N. The van der Waals surface area contributed by atoms with Crippen molar-refractivity contribution < 1.29 is 4.74 Å². The minimum absolute atomic E-state index is 0.304. The molecule has 0 aliphatic carbocycles. The van der Waals surface area contributed by atoms with Gasteiger partial charge in [0.25, 0.3) is 6.71 Å². The number of rotatable bonds is 2. The Morgan fingerprint density at radius 3 is 2.60 bits per heavy atom. The van der Waals surface area contributed by atoms with E-state index in [1.165, 1.54) is 18.5 Å². The van der Waals surface area contributed by atoms with E-state index in [0.717, 1.165) is 31.5 Å². The lowest BCUT2D eigenvalue weighted by Gasteiger charge is -2.49. The van der Waals surface area contributed by atoms with Gasteiger partial charge in [-0.15, -0.1) is 0 Å². The van der Waals surface area contributed by atoms with Gasteiger partial charge in [-0.25, -0.2) is 5.26 Å². The van der Waals surface area contributed by atoms with Gasteiger partial charge in [0.2, 0.25) is 0 Å². The Kier molecular flexibility index (Phi) is 3.25. The van der Waals surface area contributed by atoms with E-state index in [1.54, 1.807) is 7.11 Å². The van der Waals surface area contributed by atoms with E-state index < -0.39 is 0 Å². The number of nitriles is 1. The first-order valence-corrected chi connectivity index (χ1v) is 7.24. The molecule has 1 spiro atoms. The van der Waals surface area contributed by atoms with Crippen LogP contribution in [0.3, 0.4) is 0 Å². The molecule has 0 atom stereocenters. The number of anilines is 2. The van der Waals surface area contributed by atoms with E-state index in [9.17, 15) is 0 Å². The first-order valence-electron chi connectivity index (χ1n) is 7.24. The molecule has 0 aromatic heterocycles. The van der Waals surface area contributed by atoms with Crippen LogP contribution in [-0.4, -0.2) is 26.9 Å². The quantitative estimate of drug-likeness (QED) is 0.661. The molecule has 3 rings (SSSR count). The molecular weight excluding hydrogens is 249 g/mol. The highest BCUT2D eigenvalue weighted by Gasteiger charge is 2.48. The molecule has 4 nitrogen and oxygen atoms in total. The van der Waals surface area contributed by atoms with Crippen LogP contribution in [0, 0.1) is 16.6 Å². The summed E-state index contributed by atoms with van der Waals surface area (Å²) in [5, 5.41) is 8.92. The Bertz CT molecular complexity index is 539. The van der Waals surface area contributed by atoms with Crippen LogP contribution in [0.2, 0.25) is 12.6 Å². The number of nitrogen functional groups attached to an aromatic ring is 1. The van der Waals surface area contributed by atoms with Crippen LogP contribution >= 0.6 is 0 Å². The van der Waals surface area contributed by atoms with Crippen LogP contribution in [0.25, 0.3) is 0 Å². The Morgan fingerprint density at radius 1 is 1.35 bits per heavy atom. The first kappa shape index (κ1) is 13.2. The van der Waals surface area contributed by atoms with Gasteiger partial charge in [-0.05, 0) is 36.5 Å². The molecule has 1 aromatic carbocycles. The molecule has 1 aromatic rings. The second-order valence-corrected chi connectivity index (χ2v) is 6.15. The number of hydrogen-bond donors (Lipinski definition) is 1. The van der Waals surface area contributed by atoms with Crippen LogP contribution in [0.4, 0.5) is 11.4 Å². The summed E-state index contributed by atoms with van der Waals surface area (Å²) < 4.78 is 5.20. The average molecular weight is 269 g/mol. The van der Waals surface area contributed by atoms with E-state index in [4.69, 9.17) is 15.7 Å². The Labute approximate surface area is 120 Å². The van der Waals surface area contributed by atoms with Gasteiger partial charge in [0.05, 0.1) is 12.8 Å². The molecule has 2 saturated heterocycles. The summed E-state index contributed by atoms with van der Waals surface area (Å²) >= 11 is 0. The Balaban J connectivity index is 1.64. The van der Waals surface area contributed by atoms with Crippen molar-refractivity contribution in [3.63, 3.8) is 0 Å². The molecule has 2 aliphatic rings. The van der Waals surface area contributed by atoms with Gasteiger partial charge in [-0.1, -0.05) is 12.6 Å². The van der Waals surface area contributed by atoms with E-state index in [1.807, 2.05) is 12.1 Å². The zero-order chi connectivity index (χ0) is 14.2. The second kappa shape index (κ2) is 4.94. The lowest BCUT2D eigenvalue weighted by atomic mass is 9.26. The highest BCUT2D eigenvalue weighted by molar-refractivity contribution is 6.70. The first-order chi connectivity index (χ1) is 9.65. The molecule has 104 valence electrons. The smallest absolute Gasteiger partial charge is 0.268 e. The molecule has 2 aliphatic heterocycles. The van der Waals surface area contributed by atoms with Gasteiger partial charge < -0.3 is 15.4 Å². The molecule has 20 heavy (non-hydrogen) atoms. The Morgan fingerprint density at radius 2 is 2.05 bits per heavy atom. The predicted molar refractivity (Wildman–Crippen MR) is 82.3 cm³/mol. The maximum atomic E-state index is 8.92. The standard InChI is InChI=1S/C15H20BN3O/c1-20-14-3-2-12(8-13(14)18)19-6-4-15(5-7-19)9-16(10-15)11-17/h2-3,8H,4-7,9-10,18H2,1H3. The zero-order valence-electron chi connectivity index (χ0n) is 11.9. The third-order valence-electron chi connectivity index (χ3n) is 4.94. The molecule has 2 heterocycles. The average Bonchev–Trinajstić information content (AvgIpc) is 2.44. The molecule has 5 heteroatoms. The fourth-order valence-corrected chi connectivity index (χ4v) is 3.64. The van der Waals surface area contributed by atoms with Crippen LogP contribution < -0.4 is 15.4 Å². The number of ether oxygens (including phenoxy) is 1. The number of nitrogens with zero attached hydrogens (tertiary/aromatic N) is 2. The number of benzene rings is 1. The summed E-state index contributed by atoms with van der Waals surface area (Å²) in [6.07, 6.45) is 4.58.